The van der Waals surface area contributed by atoms with Crippen LogP contribution in [-0.4, -0.2) is 42.8 Å². The minimum absolute atomic E-state index is 0.00912. The summed E-state index contributed by atoms with van der Waals surface area (Å²) in [5, 5.41) is 0. The number of ether oxygens (including phenoxy) is 2. The van der Waals surface area contributed by atoms with Crippen LogP contribution in [0.2, 0.25) is 0 Å². The molecule has 0 radical (unpaired) electrons. The molecule has 2 atom stereocenters. The molecule has 0 bridgehead atoms. The Kier molecular flexibility index (Phi) is 39.8. The van der Waals surface area contributed by atoms with Crippen LogP contribution < -0.4 is 0 Å². The molecule has 0 aliphatic rings. The predicted molar refractivity (Wildman–Crippen MR) is 234 cm³/mol. The Balaban J connectivity index is 4.13. The van der Waals surface area contributed by atoms with Crippen molar-refractivity contribution in [3.05, 3.63) is 85.1 Å². The molecule has 0 saturated carbocycles. The van der Waals surface area contributed by atoms with E-state index in [-0.39, 0.29) is 32.0 Å². The first-order chi connectivity index (χ1) is 27.3. The van der Waals surface area contributed by atoms with Crippen LogP contribution in [0, 0.1) is 0 Å². The van der Waals surface area contributed by atoms with Crippen LogP contribution in [0.1, 0.15) is 175 Å². The van der Waals surface area contributed by atoms with E-state index in [1.54, 1.807) is 6.92 Å². The molecule has 0 aliphatic carbocycles. The Bertz CT molecular complexity index is 1180. The minimum atomic E-state index is -4.29. The van der Waals surface area contributed by atoms with Crippen molar-refractivity contribution in [1.82, 2.24) is 0 Å². The van der Waals surface area contributed by atoms with Crippen LogP contribution in [-0.2, 0) is 32.7 Å². The standard InChI is InChI=1S/C47H79O8P/c1-4-7-9-11-13-15-17-19-21-23-24-26-28-30-32-34-36-38-40-42-47(49)55-45(44-54-56(50,51)53-6-3)43-52-46(48)41-39-37-35-33-31-29-27-25-22-20-18-16-14-12-10-8-5-2/h7-10,13-16,19-22,24,26,45H,4-6,11-12,17-18,23,25,27-44H2,1-3H3,(H,50,51)/b9-7-,10-8-,15-13-,16-14-,21-19-,22-20-,26-24-. The molecule has 8 nitrogen and oxygen atoms in total. The van der Waals surface area contributed by atoms with Gasteiger partial charge in [-0.05, 0) is 90.4 Å². The monoisotopic (exact) mass is 803 g/mol. The molecule has 320 valence electrons. The van der Waals surface area contributed by atoms with E-state index in [0.717, 1.165) is 116 Å². The lowest BCUT2D eigenvalue weighted by Gasteiger charge is -2.19. The van der Waals surface area contributed by atoms with Gasteiger partial charge in [-0.3, -0.25) is 18.6 Å². The molecule has 0 aromatic rings. The lowest BCUT2D eigenvalue weighted by atomic mass is 10.1. The molecule has 1 N–H and O–H groups in total. The van der Waals surface area contributed by atoms with Gasteiger partial charge in [0.15, 0.2) is 6.10 Å². The van der Waals surface area contributed by atoms with Gasteiger partial charge in [-0.1, -0.05) is 157 Å². The zero-order chi connectivity index (χ0) is 41.1. The van der Waals surface area contributed by atoms with Crippen LogP contribution in [0.15, 0.2) is 85.1 Å². The van der Waals surface area contributed by atoms with Crippen LogP contribution >= 0.6 is 7.82 Å². The molecule has 0 saturated heterocycles. The summed E-state index contributed by atoms with van der Waals surface area (Å²) >= 11 is 0. The highest BCUT2D eigenvalue weighted by Gasteiger charge is 2.25. The van der Waals surface area contributed by atoms with Crippen molar-refractivity contribution in [2.45, 2.75) is 181 Å². The van der Waals surface area contributed by atoms with E-state index in [4.69, 9.17) is 18.5 Å². The Labute approximate surface area is 342 Å². The van der Waals surface area contributed by atoms with Gasteiger partial charge in [0.1, 0.15) is 6.61 Å². The summed E-state index contributed by atoms with van der Waals surface area (Å²) in [6, 6.07) is 0. The first-order valence-corrected chi connectivity index (χ1v) is 23.4. The Hall–Kier alpha value is -2.77. The zero-order valence-corrected chi connectivity index (χ0v) is 36.4. The van der Waals surface area contributed by atoms with E-state index < -0.39 is 26.5 Å². The number of esters is 2. The molecule has 0 spiro atoms. The van der Waals surface area contributed by atoms with E-state index in [9.17, 15) is 19.0 Å². The van der Waals surface area contributed by atoms with Gasteiger partial charge >= 0.3 is 19.8 Å². The van der Waals surface area contributed by atoms with Crippen LogP contribution in [0.25, 0.3) is 0 Å². The third-order valence-corrected chi connectivity index (χ3v) is 9.76. The summed E-state index contributed by atoms with van der Waals surface area (Å²) in [4.78, 5) is 34.8. The smallest absolute Gasteiger partial charge is 0.462 e. The maximum absolute atomic E-state index is 12.6. The SMILES string of the molecule is CC/C=C\C/C=C\C/C=C\C/C=C\CCCCCCCCC(=O)OC(COC(=O)CCCCCCCCC/C=C\C/C=C\C/C=C\CC)COP(=O)(O)OCC. The van der Waals surface area contributed by atoms with Crippen molar-refractivity contribution in [3.8, 4) is 0 Å². The quantitative estimate of drug-likeness (QED) is 0.0283. The molecule has 0 heterocycles. The Morgan fingerprint density at radius 2 is 0.857 bits per heavy atom. The number of allylic oxidation sites excluding steroid dienone is 14. The number of unbranched alkanes of at least 4 members (excludes halogenated alkanes) is 13. The molecular weight excluding hydrogens is 723 g/mol. The van der Waals surface area contributed by atoms with Gasteiger partial charge in [0, 0.05) is 12.8 Å². The number of rotatable bonds is 39. The van der Waals surface area contributed by atoms with Crippen molar-refractivity contribution in [2.24, 2.45) is 0 Å². The molecule has 0 aromatic carbocycles. The maximum Gasteiger partial charge on any atom is 0.472 e. The van der Waals surface area contributed by atoms with Crippen LogP contribution in [0.3, 0.4) is 0 Å². The second-order valence-corrected chi connectivity index (χ2v) is 15.4. The maximum atomic E-state index is 12.6. The third-order valence-electron chi connectivity index (χ3n) is 8.70. The van der Waals surface area contributed by atoms with Gasteiger partial charge in [-0.2, -0.15) is 0 Å². The van der Waals surface area contributed by atoms with Crippen molar-refractivity contribution in [3.63, 3.8) is 0 Å². The first kappa shape index (κ1) is 53.2. The molecule has 56 heavy (non-hydrogen) atoms. The molecule has 2 unspecified atom stereocenters. The van der Waals surface area contributed by atoms with Gasteiger partial charge in [0.25, 0.3) is 0 Å². The van der Waals surface area contributed by atoms with E-state index in [2.05, 4.69) is 98.9 Å². The van der Waals surface area contributed by atoms with E-state index >= 15 is 0 Å². The summed E-state index contributed by atoms with van der Waals surface area (Å²) in [5.41, 5.74) is 0. The normalized spacial score (nSPS) is 14.1. The number of hydrogen-bond acceptors (Lipinski definition) is 7. The average molecular weight is 803 g/mol. The van der Waals surface area contributed by atoms with Gasteiger partial charge < -0.3 is 14.4 Å². The van der Waals surface area contributed by atoms with Crippen molar-refractivity contribution >= 4 is 19.8 Å². The zero-order valence-electron chi connectivity index (χ0n) is 35.5. The van der Waals surface area contributed by atoms with Gasteiger partial charge in [0.2, 0.25) is 0 Å². The second-order valence-electron chi connectivity index (χ2n) is 13.9. The number of phosphoric ester groups is 1. The fourth-order valence-electron chi connectivity index (χ4n) is 5.57. The summed E-state index contributed by atoms with van der Waals surface area (Å²) in [7, 11) is -4.29. The van der Waals surface area contributed by atoms with Crippen molar-refractivity contribution in [1.29, 1.82) is 0 Å². The van der Waals surface area contributed by atoms with E-state index in [1.807, 2.05) is 0 Å². The molecule has 0 aliphatic heterocycles. The molecule has 0 fully saturated rings. The first-order valence-electron chi connectivity index (χ1n) is 21.9. The van der Waals surface area contributed by atoms with Crippen molar-refractivity contribution < 1.29 is 37.6 Å². The average Bonchev–Trinajstić information content (AvgIpc) is 3.18. The number of phosphoric acid groups is 1. The Morgan fingerprint density at radius 1 is 0.482 bits per heavy atom. The fourth-order valence-corrected chi connectivity index (χ4v) is 6.33. The highest BCUT2D eigenvalue weighted by Crippen LogP contribution is 2.43. The lowest BCUT2D eigenvalue weighted by Crippen LogP contribution is -2.29. The topological polar surface area (TPSA) is 108 Å². The summed E-state index contributed by atoms with van der Waals surface area (Å²) < 4.78 is 32.7. The van der Waals surface area contributed by atoms with Crippen LogP contribution in [0.4, 0.5) is 0 Å². The highest BCUT2D eigenvalue weighted by atomic mass is 31.2. The molecular formula is C47H79O8P. The van der Waals surface area contributed by atoms with Gasteiger partial charge in [0.05, 0.1) is 13.2 Å². The second kappa shape index (κ2) is 41.9. The van der Waals surface area contributed by atoms with Crippen molar-refractivity contribution in [2.75, 3.05) is 19.8 Å². The molecule has 0 rings (SSSR count). The summed E-state index contributed by atoms with van der Waals surface area (Å²) in [5.74, 6) is -0.832. The van der Waals surface area contributed by atoms with Crippen LogP contribution in [0.5, 0.6) is 0 Å². The molecule has 9 heteroatoms. The number of carbonyl (C=O) groups is 2. The van der Waals surface area contributed by atoms with E-state index in [1.165, 1.54) is 19.3 Å². The minimum Gasteiger partial charge on any atom is -0.462 e. The number of hydrogen-bond donors (Lipinski definition) is 1. The van der Waals surface area contributed by atoms with E-state index in [0.29, 0.717) is 6.42 Å². The summed E-state index contributed by atoms with van der Waals surface area (Å²) in [6.45, 7) is 5.21. The Morgan fingerprint density at radius 3 is 1.29 bits per heavy atom. The largest absolute Gasteiger partial charge is 0.472 e. The number of carbonyl (C=O) groups excluding carboxylic acids is 2. The fraction of sp³-hybridized carbons (Fsp3) is 0.660. The van der Waals surface area contributed by atoms with Gasteiger partial charge in [-0.25, -0.2) is 4.57 Å². The van der Waals surface area contributed by atoms with Gasteiger partial charge in [-0.15, -0.1) is 0 Å². The highest BCUT2D eigenvalue weighted by molar-refractivity contribution is 7.47. The molecule has 0 aromatic heterocycles. The molecule has 0 amide bonds. The lowest BCUT2D eigenvalue weighted by molar-refractivity contribution is -0.161. The third kappa shape index (κ3) is 40.9. The predicted octanol–water partition coefficient (Wildman–Crippen LogP) is 13.9. The summed E-state index contributed by atoms with van der Waals surface area (Å²) in [6.07, 6.45) is 53.4.